The van der Waals surface area contributed by atoms with E-state index in [0.29, 0.717) is 23.8 Å². The minimum Gasteiger partial charge on any atom is -0.493 e. The molecule has 0 spiro atoms. The number of hydrogen-bond acceptors (Lipinski definition) is 5. The first-order valence-corrected chi connectivity index (χ1v) is 8.31. The molecule has 0 radical (unpaired) electrons. The minimum absolute atomic E-state index is 0. The van der Waals surface area contributed by atoms with Gasteiger partial charge in [0.1, 0.15) is 0 Å². The van der Waals surface area contributed by atoms with E-state index in [4.69, 9.17) is 14.2 Å². The Morgan fingerprint density at radius 2 is 1.70 bits per heavy atom. The zero-order chi connectivity index (χ0) is 16.4. The van der Waals surface area contributed by atoms with Gasteiger partial charge in [-0.25, -0.2) is 0 Å². The highest BCUT2D eigenvalue weighted by Gasteiger charge is 2.13. The smallest absolute Gasteiger partial charge is 0.203 e. The maximum Gasteiger partial charge on any atom is 0.203 e. The van der Waals surface area contributed by atoms with E-state index in [9.17, 15) is 0 Å². The maximum atomic E-state index is 5.35. The number of nitrogens with zero attached hydrogens (tertiary/aromatic N) is 1. The van der Waals surface area contributed by atoms with Gasteiger partial charge < -0.3 is 24.8 Å². The molecule has 0 heterocycles. The molecule has 0 aliphatic carbocycles. The minimum atomic E-state index is 0. The van der Waals surface area contributed by atoms with Gasteiger partial charge in [-0.1, -0.05) is 0 Å². The lowest BCUT2D eigenvalue weighted by atomic mass is 10.2. The number of rotatable bonds is 8. The summed E-state index contributed by atoms with van der Waals surface area (Å²) in [4.78, 5) is 4.19. The Bertz CT molecular complexity index is 476. The van der Waals surface area contributed by atoms with Crippen molar-refractivity contribution in [1.29, 1.82) is 0 Å². The zero-order valence-corrected chi connectivity index (χ0v) is 17.4. The normalized spacial score (nSPS) is 10.6. The molecule has 2 N–H and O–H groups in total. The molecule has 1 aromatic carbocycles. The highest BCUT2D eigenvalue weighted by atomic mass is 127. The third-order valence-electron chi connectivity index (χ3n) is 3.01. The molecule has 0 bridgehead atoms. The fourth-order valence-corrected chi connectivity index (χ4v) is 2.22. The average Bonchev–Trinajstić information content (AvgIpc) is 2.56. The Morgan fingerprint density at radius 3 is 2.13 bits per heavy atom. The van der Waals surface area contributed by atoms with Gasteiger partial charge in [-0.05, 0) is 24.0 Å². The maximum absolute atomic E-state index is 5.35. The van der Waals surface area contributed by atoms with Crippen molar-refractivity contribution in [2.24, 2.45) is 4.99 Å². The van der Waals surface area contributed by atoms with Crippen LogP contribution in [0, 0.1) is 0 Å². The van der Waals surface area contributed by atoms with Crippen LogP contribution in [0.25, 0.3) is 0 Å². The monoisotopic (exact) mass is 455 g/mol. The van der Waals surface area contributed by atoms with Crippen LogP contribution in [0.15, 0.2) is 17.1 Å². The molecule has 1 rings (SSSR count). The van der Waals surface area contributed by atoms with Crippen LogP contribution in [-0.4, -0.2) is 52.9 Å². The second-order valence-corrected chi connectivity index (χ2v) is 5.36. The number of methoxy groups -OCH3 is 3. The van der Waals surface area contributed by atoms with Crippen molar-refractivity contribution < 1.29 is 14.2 Å². The van der Waals surface area contributed by atoms with Gasteiger partial charge in [-0.15, -0.1) is 24.0 Å². The summed E-state index contributed by atoms with van der Waals surface area (Å²) in [5.41, 5.74) is 1.02. The molecule has 132 valence electrons. The summed E-state index contributed by atoms with van der Waals surface area (Å²) in [6.45, 7) is 1.48. The van der Waals surface area contributed by atoms with E-state index in [1.807, 2.05) is 12.1 Å². The van der Waals surface area contributed by atoms with Crippen LogP contribution in [-0.2, 0) is 6.54 Å². The van der Waals surface area contributed by atoms with Gasteiger partial charge in [0.05, 0.1) is 21.3 Å². The average molecular weight is 455 g/mol. The summed E-state index contributed by atoms with van der Waals surface area (Å²) in [6, 6.07) is 3.84. The van der Waals surface area contributed by atoms with Crippen LogP contribution in [0.5, 0.6) is 17.2 Å². The van der Waals surface area contributed by atoms with Gasteiger partial charge in [0.2, 0.25) is 5.75 Å². The molecule has 1 aromatic rings. The van der Waals surface area contributed by atoms with Crippen molar-refractivity contribution >= 4 is 41.7 Å². The first-order valence-electron chi connectivity index (χ1n) is 6.92. The third kappa shape index (κ3) is 6.94. The number of aliphatic imine (C=N–C) groups is 1. The molecule has 8 heteroatoms. The molecule has 6 nitrogen and oxygen atoms in total. The molecular formula is C15H26IN3O3S. The van der Waals surface area contributed by atoms with Crippen molar-refractivity contribution in [2.75, 3.05) is 46.9 Å². The summed E-state index contributed by atoms with van der Waals surface area (Å²) < 4.78 is 16.0. The van der Waals surface area contributed by atoms with Crippen molar-refractivity contribution in [3.63, 3.8) is 0 Å². The summed E-state index contributed by atoms with van der Waals surface area (Å²) in [5.74, 6) is 3.68. The molecule has 0 unspecified atom stereocenters. The van der Waals surface area contributed by atoms with Crippen LogP contribution in [0.3, 0.4) is 0 Å². The molecule has 0 aliphatic rings. The number of thioether (sulfide) groups is 1. The molecular weight excluding hydrogens is 429 g/mol. The number of ether oxygens (including phenoxy) is 3. The molecule has 0 aliphatic heterocycles. The largest absolute Gasteiger partial charge is 0.493 e. The van der Waals surface area contributed by atoms with E-state index in [1.54, 1.807) is 40.1 Å². The molecule has 0 saturated heterocycles. The standard InChI is InChI=1S/C15H25N3O3S.HI/c1-16-15(17-6-7-22-5)18-10-11-8-12(19-2)14(21-4)13(9-11)20-3;/h8-9H,6-7,10H2,1-5H3,(H2,16,17,18);1H. The van der Waals surface area contributed by atoms with E-state index >= 15 is 0 Å². The Hall–Kier alpha value is -1.03. The summed E-state index contributed by atoms with van der Waals surface area (Å²) in [6.07, 6.45) is 2.08. The Labute approximate surface area is 159 Å². The van der Waals surface area contributed by atoms with E-state index in [2.05, 4.69) is 21.9 Å². The van der Waals surface area contributed by atoms with Crippen molar-refractivity contribution in [2.45, 2.75) is 6.54 Å². The SMILES string of the molecule is CN=C(NCCSC)NCc1cc(OC)c(OC)c(OC)c1.I. The van der Waals surface area contributed by atoms with Crippen LogP contribution in [0.4, 0.5) is 0 Å². The lowest BCUT2D eigenvalue weighted by Crippen LogP contribution is -2.37. The summed E-state index contributed by atoms with van der Waals surface area (Å²) >= 11 is 1.79. The topological polar surface area (TPSA) is 64.1 Å². The van der Waals surface area contributed by atoms with Crippen molar-refractivity contribution in [3.05, 3.63) is 17.7 Å². The number of nitrogens with one attached hydrogen (secondary N) is 2. The van der Waals surface area contributed by atoms with Gasteiger partial charge in [-0.2, -0.15) is 11.8 Å². The second-order valence-electron chi connectivity index (χ2n) is 4.38. The van der Waals surface area contributed by atoms with Gasteiger partial charge in [-0.3, -0.25) is 4.99 Å². The highest BCUT2D eigenvalue weighted by molar-refractivity contribution is 14.0. The number of benzene rings is 1. The predicted molar refractivity (Wildman–Crippen MR) is 108 cm³/mol. The van der Waals surface area contributed by atoms with E-state index in [0.717, 1.165) is 23.8 Å². The Morgan fingerprint density at radius 1 is 1.09 bits per heavy atom. The quantitative estimate of drug-likeness (QED) is 0.272. The lowest BCUT2D eigenvalue weighted by molar-refractivity contribution is 0.323. The van der Waals surface area contributed by atoms with Crippen LogP contribution in [0.2, 0.25) is 0 Å². The van der Waals surface area contributed by atoms with Gasteiger partial charge in [0.25, 0.3) is 0 Å². The number of halogens is 1. The summed E-state index contributed by atoms with van der Waals surface area (Å²) in [7, 11) is 6.56. The first kappa shape index (κ1) is 22.0. The second kappa shape index (κ2) is 12.4. The predicted octanol–water partition coefficient (Wildman–Crippen LogP) is 2.36. The van der Waals surface area contributed by atoms with Crippen LogP contribution >= 0.6 is 35.7 Å². The van der Waals surface area contributed by atoms with Crippen LogP contribution in [0.1, 0.15) is 5.56 Å². The van der Waals surface area contributed by atoms with E-state index < -0.39 is 0 Å². The van der Waals surface area contributed by atoms with Crippen molar-refractivity contribution in [3.8, 4) is 17.2 Å². The molecule has 0 saturated carbocycles. The molecule has 0 aromatic heterocycles. The Balaban J connectivity index is 0.00000484. The lowest BCUT2D eigenvalue weighted by Gasteiger charge is -2.15. The number of guanidine groups is 1. The Kier molecular flexibility index (Phi) is 11.8. The van der Waals surface area contributed by atoms with E-state index in [-0.39, 0.29) is 24.0 Å². The third-order valence-corrected chi connectivity index (χ3v) is 3.62. The molecule has 0 amide bonds. The van der Waals surface area contributed by atoms with Crippen LogP contribution < -0.4 is 24.8 Å². The zero-order valence-electron chi connectivity index (χ0n) is 14.3. The fourth-order valence-electron chi connectivity index (χ4n) is 1.92. The van der Waals surface area contributed by atoms with Crippen molar-refractivity contribution in [1.82, 2.24) is 10.6 Å². The first-order chi connectivity index (χ1) is 10.7. The van der Waals surface area contributed by atoms with E-state index in [1.165, 1.54) is 0 Å². The molecule has 23 heavy (non-hydrogen) atoms. The fraction of sp³-hybridized carbons (Fsp3) is 0.533. The molecule has 0 fully saturated rings. The van der Waals surface area contributed by atoms with Gasteiger partial charge in [0, 0.05) is 25.9 Å². The summed E-state index contributed by atoms with van der Waals surface area (Å²) in [5, 5.41) is 6.51. The van der Waals surface area contributed by atoms with Gasteiger partial charge >= 0.3 is 0 Å². The van der Waals surface area contributed by atoms with Gasteiger partial charge in [0.15, 0.2) is 17.5 Å². The highest BCUT2D eigenvalue weighted by Crippen LogP contribution is 2.38. The molecule has 0 atom stereocenters. The number of hydrogen-bond donors (Lipinski definition) is 2.